The number of nitrogens with one attached hydrogen (secondary N) is 1. The third-order valence-corrected chi connectivity index (χ3v) is 3.20. The number of carbonyl (C=O) groups is 1. The van der Waals surface area contributed by atoms with Crippen molar-refractivity contribution in [3.63, 3.8) is 0 Å². The van der Waals surface area contributed by atoms with Crippen molar-refractivity contribution in [1.82, 2.24) is 5.43 Å². The number of nitrogens with zero attached hydrogens (tertiary/aromatic N) is 1. The Morgan fingerprint density at radius 3 is 2.50 bits per heavy atom. The van der Waals surface area contributed by atoms with E-state index in [4.69, 9.17) is 4.74 Å². The Hall–Kier alpha value is -2.62. The maximum absolute atomic E-state index is 11.7. The molecule has 114 valence electrons. The number of ether oxygens (including phenoxy) is 1. The Bertz CT molecular complexity index is 673. The molecular formula is C18H20N2O2. The highest BCUT2D eigenvalue weighted by Crippen LogP contribution is 2.21. The van der Waals surface area contributed by atoms with E-state index >= 15 is 0 Å². The zero-order valence-corrected chi connectivity index (χ0v) is 13.1. The third kappa shape index (κ3) is 4.45. The smallest absolute Gasteiger partial charge is 0.277 e. The molecule has 0 aliphatic rings. The Balaban J connectivity index is 1.86. The van der Waals surface area contributed by atoms with Crippen LogP contribution in [0.1, 0.15) is 22.3 Å². The minimum absolute atomic E-state index is 0.0587. The van der Waals surface area contributed by atoms with Gasteiger partial charge in [-0.2, -0.15) is 5.10 Å². The second-order valence-electron chi connectivity index (χ2n) is 5.22. The van der Waals surface area contributed by atoms with Crippen molar-refractivity contribution in [2.24, 2.45) is 5.10 Å². The molecule has 0 aromatic heterocycles. The zero-order chi connectivity index (χ0) is 15.9. The van der Waals surface area contributed by atoms with E-state index < -0.39 is 0 Å². The van der Waals surface area contributed by atoms with Gasteiger partial charge in [-0.05, 0) is 37.5 Å². The van der Waals surface area contributed by atoms with E-state index in [1.165, 1.54) is 0 Å². The summed E-state index contributed by atoms with van der Waals surface area (Å²) in [5, 5.41) is 3.94. The fourth-order valence-electron chi connectivity index (χ4n) is 2.13. The molecule has 0 saturated carbocycles. The van der Waals surface area contributed by atoms with E-state index in [2.05, 4.69) is 10.5 Å². The van der Waals surface area contributed by atoms with Gasteiger partial charge in [0.2, 0.25) is 0 Å². The molecule has 0 heterocycles. The Morgan fingerprint density at radius 1 is 1.14 bits per heavy atom. The summed E-state index contributed by atoms with van der Waals surface area (Å²) < 4.78 is 5.57. The molecular weight excluding hydrogens is 276 g/mol. The third-order valence-electron chi connectivity index (χ3n) is 3.20. The number of hydrazone groups is 1. The summed E-state index contributed by atoms with van der Waals surface area (Å²) in [6, 6.07) is 13.7. The van der Waals surface area contributed by atoms with Gasteiger partial charge < -0.3 is 4.74 Å². The molecule has 1 amide bonds. The van der Waals surface area contributed by atoms with E-state index in [1.54, 1.807) is 6.21 Å². The lowest BCUT2D eigenvalue weighted by Crippen LogP contribution is -2.25. The maximum Gasteiger partial charge on any atom is 0.277 e. The molecule has 0 radical (unpaired) electrons. The molecule has 4 heteroatoms. The van der Waals surface area contributed by atoms with E-state index in [0.717, 1.165) is 28.0 Å². The largest absolute Gasteiger partial charge is 0.483 e. The molecule has 2 aromatic carbocycles. The highest BCUT2D eigenvalue weighted by atomic mass is 16.5. The van der Waals surface area contributed by atoms with Crippen molar-refractivity contribution in [1.29, 1.82) is 0 Å². The van der Waals surface area contributed by atoms with Crippen LogP contribution in [0.3, 0.4) is 0 Å². The van der Waals surface area contributed by atoms with Crippen LogP contribution in [-0.2, 0) is 4.79 Å². The zero-order valence-electron chi connectivity index (χ0n) is 13.1. The normalized spacial score (nSPS) is 10.7. The summed E-state index contributed by atoms with van der Waals surface area (Å²) in [6.45, 7) is 5.86. The topological polar surface area (TPSA) is 50.7 Å². The Kier molecular flexibility index (Phi) is 5.31. The number of amides is 1. The molecule has 0 atom stereocenters. The van der Waals surface area contributed by atoms with Gasteiger partial charge in [0.1, 0.15) is 5.75 Å². The van der Waals surface area contributed by atoms with Crippen molar-refractivity contribution < 1.29 is 9.53 Å². The number of rotatable bonds is 5. The van der Waals surface area contributed by atoms with Crippen LogP contribution in [0.5, 0.6) is 5.75 Å². The van der Waals surface area contributed by atoms with Crippen LogP contribution in [-0.4, -0.2) is 18.7 Å². The van der Waals surface area contributed by atoms with Crippen LogP contribution in [0.25, 0.3) is 0 Å². The average Bonchev–Trinajstić information content (AvgIpc) is 2.47. The molecule has 0 bridgehead atoms. The monoisotopic (exact) mass is 296 g/mol. The number of aryl methyl sites for hydroxylation is 3. The van der Waals surface area contributed by atoms with Crippen LogP contribution >= 0.6 is 0 Å². The Morgan fingerprint density at radius 2 is 1.82 bits per heavy atom. The van der Waals surface area contributed by atoms with Crippen LogP contribution in [0.4, 0.5) is 0 Å². The van der Waals surface area contributed by atoms with Gasteiger partial charge in [-0.15, -0.1) is 0 Å². The molecule has 2 aromatic rings. The molecule has 0 saturated heterocycles. The van der Waals surface area contributed by atoms with E-state index in [9.17, 15) is 4.79 Å². The van der Waals surface area contributed by atoms with Gasteiger partial charge in [-0.25, -0.2) is 5.43 Å². The van der Waals surface area contributed by atoms with Gasteiger partial charge >= 0.3 is 0 Å². The highest BCUT2D eigenvalue weighted by Gasteiger charge is 2.06. The highest BCUT2D eigenvalue weighted by molar-refractivity contribution is 5.83. The lowest BCUT2D eigenvalue weighted by Gasteiger charge is -2.10. The number of para-hydroxylation sites is 1. The van der Waals surface area contributed by atoms with Crippen LogP contribution < -0.4 is 10.2 Å². The standard InChI is InChI=1S/C18H20N2O2/c1-13-6-4-9-16(10-13)11-19-20-17(21)12-22-18-14(2)7-5-8-15(18)3/h4-11H,12H2,1-3H3,(H,20,21)/b19-11+. The van der Waals surface area contributed by atoms with Gasteiger partial charge in [-0.3, -0.25) is 4.79 Å². The predicted octanol–water partition coefficient (Wildman–Crippen LogP) is 3.14. The molecule has 1 N–H and O–H groups in total. The summed E-state index contributed by atoms with van der Waals surface area (Å²) in [6.07, 6.45) is 1.61. The molecule has 0 spiro atoms. The van der Waals surface area contributed by atoms with E-state index in [1.807, 2.05) is 63.2 Å². The van der Waals surface area contributed by atoms with Crippen molar-refractivity contribution in [2.75, 3.05) is 6.61 Å². The SMILES string of the molecule is Cc1cccc(/C=N/NC(=O)COc2c(C)cccc2C)c1. The fourth-order valence-corrected chi connectivity index (χ4v) is 2.13. The molecule has 0 aliphatic carbocycles. The average molecular weight is 296 g/mol. The molecule has 4 nitrogen and oxygen atoms in total. The van der Waals surface area contributed by atoms with E-state index in [0.29, 0.717) is 0 Å². The summed E-state index contributed by atoms with van der Waals surface area (Å²) in [4.78, 5) is 11.7. The first-order valence-electron chi connectivity index (χ1n) is 7.14. The fraction of sp³-hybridized carbons (Fsp3) is 0.222. The van der Waals surface area contributed by atoms with Crippen molar-refractivity contribution in [3.8, 4) is 5.75 Å². The quantitative estimate of drug-likeness (QED) is 0.680. The van der Waals surface area contributed by atoms with Crippen molar-refractivity contribution in [2.45, 2.75) is 20.8 Å². The number of hydrogen-bond acceptors (Lipinski definition) is 3. The second kappa shape index (κ2) is 7.41. The minimum atomic E-state index is -0.286. The summed E-state index contributed by atoms with van der Waals surface area (Å²) >= 11 is 0. The van der Waals surface area contributed by atoms with Crippen LogP contribution in [0.2, 0.25) is 0 Å². The maximum atomic E-state index is 11.7. The minimum Gasteiger partial charge on any atom is -0.483 e. The van der Waals surface area contributed by atoms with Gasteiger partial charge in [0.15, 0.2) is 6.61 Å². The number of hydrogen-bond donors (Lipinski definition) is 1. The van der Waals surface area contributed by atoms with Gasteiger partial charge in [0.25, 0.3) is 5.91 Å². The van der Waals surface area contributed by atoms with Gasteiger partial charge in [0, 0.05) is 0 Å². The first kappa shape index (κ1) is 15.8. The Labute approximate surface area is 130 Å². The molecule has 2 rings (SSSR count). The number of benzene rings is 2. The van der Waals surface area contributed by atoms with Crippen LogP contribution in [0.15, 0.2) is 47.6 Å². The summed E-state index contributed by atoms with van der Waals surface area (Å²) in [5.74, 6) is 0.465. The molecule has 0 aliphatic heterocycles. The van der Waals surface area contributed by atoms with Crippen molar-refractivity contribution in [3.05, 3.63) is 64.7 Å². The van der Waals surface area contributed by atoms with Gasteiger partial charge in [-0.1, -0.05) is 48.0 Å². The number of carbonyl (C=O) groups excluding carboxylic acids is 1. The molecule has 0 unspecified atom stereocenters. The lowest BCUT2D eigenvalue weighted by molar-refractivity contribution is -0.123. The predicted molar refractivity (Wildman–Crippen MR) is 88.3 cm³/mol. The van der Waals surface area contributed by atoms with Crippen molar-refractivity contribution >= 4 is 12.1 Å². The second-order valence-corrected chi connectivity index (χ2v) is 5.22. The summed E-state index contributed by atoms with van der Waals surface area (Å²) in [7, 11) is 0. The van der Waals surface area contributed by atoms with Gasteiger partial charge in [0.05, 0.1) is 6.21 Å². The first-order chi connectivity index (χ1) is 10.6. The first-order valence-corrected chi connectivity index (χ1v) is 7.14. The van der Waals surface area contributed by atoms with Crippen LogP contribution in [0, 0.1) is 20.8 Å². The molecule has 22 heavy (non-hydrogen) atoms. The molecule has 0 fully saturated rings. The summed E-state index contributed by atoms with van der Waals surface area (Å²) in [5.41, 5.74) is 6.57. The lowest BCUT2D eigenvalue weighted by atomic mass is 10.1. The van der Waals surface area contributed by atoms with E-state index in [-0.39, 0.29) is 12.5 Å².